The molecular weight excluding hydrogens is 344 g/mol. The predicted molar refractivity (Wildman–Crippen MR) is 93.3 cm³/mol. The molecule has 1 amide bonds. The van der Waals surface area contributed by atoms with E-state index in [9.17, 15) is 9.90 Å². The molecule has 22 heavy (non-hydrogen) atoms. The smallest absolute Gasteiger partial charge is 0.221 e. The minimum Gasteiger partial charge on any atom is -0.506 e. The van der Waals surface area contributed by atoms with Gasteiger partial charge in [-0.3, -0.25) is 9.79 Å². The van der Waals surface area contributed by atoms with Crippen LogP contribution < -0.4 is 5.32 Å². The van der Waals surface area contributed by atoms with Crippen molar-refractivity contribution >= 4 is 39.4 Å². The molecule has 2 rings (SSSR count). The fourth-order valence-corrected chi connectivity index (χ4v) is 2.51. The minimum absolute atomic E-state index is 0.110. The van der Waals surface area contributed by atoms with Gasteiger partial charge in [0.05, 0.1) is 10.2 Å². The van der Waals surface area contributed by atoms with Gasteiger partial charge >= 0.3 is 0 Å². The van der Waals surface area contributed by atoms with Gasteiger partial charge in [0.1, 0.15) is 5.75 Å². The average Bonchev–Trinajstić information content (AvgIpc) is 2.48. The van der Waals surface area contributed by atoms with Crippen LogP contribution >= 0.6 is 15.9 Å². The molecule has 0 heterocycles. The number of phenolic OH excluding ortho intramolecular Hbond substituents is 1. The number of rotatable bonds is 3. The number of amides is 1. The third-order valence-electron chi connectivity index (χ3n) is 3.31. The van der Waals surface area contributed by atoms with E-state index in [4.69, 9.17) is 0 Å². The predicted octanol–water partition coefficient (Wildman–Crippen LogP) is 4.48. The van der Waals surface area contributed by atoms with Gasteiger partial charge in [0.2, 0.25) is 5.91 Å². The van der Waals surface area contributed by atoms with Crippen molar-refractivity contribution in [1.29, 1.82) is 0 Å². The standard InChI is InChI=1S/C17H17BrN2O2/c1-10-8-13(17(22)16(18)11(10)2)9-19-14-4-6-15(7-5-14)20-12(3)21/h4-9,22H,1-3H3,(H,20,21). The van der Waals surface area contributed by atoms with Crippen molar-refractivity contribution in [2.24, 2.45) is 4.99 Å². The van der Waals surface area contributed by atoms with Crippen LogP contribution in [0, 0.1) is 13.8 Å². The van der Waals surface area contributed by atoms with E-state index >= 15 is 0 Å². The first kappa shape index (κ1) is 16.2. The molecule has 2 N–H and O–H groups in total. The number of phenols is 1. The highest BCUT2D eigenvalue weighted by molar-refractivity contribution is 9.10. The van der Waals surface area contributed by atoms with Gasteiger partial charge < -0.3 is 10.4 Å². The Hall–Kier alpha value is -2.14. The summed E-state index contributed by atoms with van der Waals surface area (Å²) in [6.07, 6.45) is 1.62. The van der Waals surface area contributed by atoms with Gasteiger partial charge in [-0.1, -0.05) is 0 Å². The molecular formula is C17H17BrN2O2. The molecule has 0 radical (unpaired) electrons. The summed E-state index contributed by atoms with van der Waals surface area (Å²) in [6, 6.07) is 9.06. The number of hydrogen-bond donors (Lipinski definition) is 2. The first-order valence-corrected chi connectivity index (χ1v) is 7.58. The number of aryl methyl sites for hydroxylation is 1. The minimum atomic E-state index is -0.110. The largest absolute Gasteiger partial charge is 0.506 e. The Morgan fingerprint density at radius 1 is 1.27 bits per heavy atom. The number of aliphatic imine (C=N–C) groups is 1. The zero-order chi connectivity index (χ0) is 16.3. The number of anilines is 1. The van der Waals surface area contributed by atoms with E-state index in [1.54, 1.807) is 30.5 Å². The summed E-state index contributed by atoms with van der Waals surface area (Å²) in [6.45, 7) is 5.40. The fraction of sp³-hybridized carbons (Fsp3) is 0.176. The number of carbonyl (C=O) groups excluding carboxylic acids is 1. The summed E-state index contributed by atoms with van der Waals surface area (Å²) in [7, 11) is 0. The molecule has 2 aromatic rings. The van der Waals surface area contributed by atoms with Crippen molar-refractivity contribution in [3.63, 3.8) is 0 Å². The first-order valence-electron chi connectivity index (χ1n) is 6.79. The van der Waals surface area contributed by atoms with Gasteiger partial charge in [-0.2, -0.15) is 0 Å². The first-order chi connectivity index (χ1) is 10.4. The van der Waals surface area contributed by atoms with Crippen LogP contribution in [0.2, 0.25) is 0 Å². The van der Waals surface area contributed by atoms with Gasteiger partial charge in [-0.05, 0) is 71.2 Å². The van der Waals surface area contributed by atoms with Crippen molar-refractivity contribution in [3.05, 3.63) is 51.5 Å². The lowest BCUT2D eigenvalue weighted by Crippen LogP contribution is -2.04. The SMILES string of the molecule is CC(=O)Nc1ccc(N=Cc2cc(C)c(C)c(Br)c2O)cc1. The molecule has 0 bridgehead atoms. The zero-order valence-electron chi connectivity index (χ0n) is 12.6. The normalized spacial score (nSPS) is 10.9. The van der Waals surface area contributed by atoms with E-state index in [1.165, 1.54) is 6.92 Å². The Morgan fingerprint density at radius 3 is 2.50 bits per heavy atom. The molecule has 0 aliphatic rings. The summed E-state index contributed by atoms with van der Waals surface area (Å²) >= 11 is 3.39. The monoisotopic (exact) mass is 360 g/mol. The van der Waals surface area contributed by atoms with Crippen LogP contribution in [0.4, 0.5) is 11.4 Å². The summed E-state index contributed by atoms with van der Waals surface area (Å²) in [5, 5.41) is 12.8. The summed E-state index contributed by atoms with van der Waals surface area (Å²) < 4.78 is 0.690. The second-order valence-corrected chi connectivity index (χ2v) is 5.85. The second kappa shape index (κ2) is 6.75. The van der Waals surface area contributed by atoms with Crippen LogP contribution in [-0.4, -0.2) is 17.2 Å². The maximum absolute atomic E-state index is 11.0. The lowest BCUT2D eigenvalue weighted by molar-refractivity contribution is -0.114. The molecule has 4 nitrogen and oxygen atoms in total. The Morgan fingerprint density at radius 2 is 1.91 bits per heavy atom. The van der Waals surface area contributed by atoms with Gasteiger partial charge in [0.25, 0.3) is 0 Å². The van der Waals surface area contributed by atoms with Crippen LogP contribution in [-0.2, 0) is 4.79 Å². The Kier molecular flexibility index (Phi) is 4.98. The van der Waals surface area contributed by atoms with Crippen LogP contribution in [0.15, 0.2) is 39.8 Å². The number of nitrogens with one attached hydrogen (secondary N) is 1. The molecule has 0 aliphatic carbocycles. The van der Waals surface area contributed by atoms with Gasteiger partial charge in [-0.15, -0.1) is 0 Å². The molecule has 5 heteroatoms. The van der Waals surface area contributed by atoms with E-state index < -0.39 is 0 Å². The van der Waals surface area contributed by atoms with Gasteiger partial charge in [0, 0.05) is 24.4 Å². The number of benzene rings is 2. The number of hydrogen-bond acceptors (Lipinski definition) is 3. The topological polar surface area (TPSA) is 61.7 Å². The summed E-state index contributed by atoms with van der Waals surface area (Å²) in [5.74, 6) is 0.0721. The quantitative estimate of drug-likeness (QED) is 0.792. The third-order valence-corrected chi connectivity index (χ3v) is 4.28. The number of aromatic hydroxyl groups is 1. The number of carbonyl (C=O) groups is 1. The summed E-state index contributed by atoms with van der Waals surface area (Å²) in [4.78, 5) is 15.3. The molecule has 0 saturated heterocycles. The molecule has 114 valence electrons. The van der Waals surface area contributed by atoms with Crippen molar-refractivity contribution < 1.29 is 9.90 Å². The molecule has 0 fully saturated rings. The zero-order valence-corrected chi connectivity index (χ0v) is 14.2. The second-order valence-electron chi connectivity index (χ2n) is 5.06. The van der Waals surface area contributed by atoms with E-state index in [2.05, 4.69) is 26.2 Å². The summed E-state index contributed by atoms with van der Waals surface area (Å²) in [5.41, 5.74) is 4.20. The fourth-order valence-electron chi connectivity index (χ4n) is 1.96. The highest BCUT2D eigenvalue weighted by Gasteiger charge is 2.09. The lowest BCUT2D eigenvalue weighted by atomic mass is 10.1. The van der Waals surface area contributed by atoms with Crippen LogP contribution in [0.1, 0.15) is 23.6 Å². The van der Waals surface area contributed by atoms with Crippen molar-refractivity contribution in [1.82, 2.24) is 0 Å². The Labute approximate surface area is 138 Å². The van der Waals surface area contributed by atoms with Crippen LogP contribution in [0.5, 0.6) is 5.75 Å². The average molecular weight is 361 g/mol. The molecule has 0 atom stereocenters. The van der Waals surface area contributed by atoms with Crippen molar-refractivity contribution in [2.45, 2.75) is 20.8 Å². The molecule has 0 aromatic heterocycles. The maximum atomic E-state index is 11.0. The van der Waals surface area contributed by atoms with Crippen LogP contribution in [0.3, 0.4) is 0 Å². The Bertz CT molecular complexity index is 737. The van der Waals surface area contributed by atoms with Crippen molar-refractivity contribution in [3.8, 4) is 5.75 Å². The van der Waals surface area contributed by atoms with Crippen LogP contribution in [0.25, 0.3) is 0 Å². The third kappa shape index (κ3) is 3.74. The van der Waals surface area contributed by atoms with E-state index in [-0.39, 0.29) is 11.7 Å². The van der Waals surface area contributed by atoms with E-state index in [0.717, 1.165) is 22.5 Å². The van der Waals surface area contributed by atoms with Gasteiger partial charge in [-0.25, -0.2) is 0 Å². The van der Waals surface area contributed by atoms with E-state index in [0.29, 0.717) is 10.0 Å². The van der Waals surface area contributed by atoms with E-state index in [1.807, 2.05) is 19.9 Å². The Balaban J connectivity index is 2.24. The molecule has 0 unspecified atom stereocenters. The molecule has 2 aromatic carbocycles. The molecule has 0 spiro atoms. The molecule has 0 saturated carbocycles. The highest BCUT2D eigenvalue weighted by Crippen LogP contribution is 2.32. The lowest BCUT2D eigenvalue weighted by Gasteiger charge is -2.08. The maximum Gasteiger partial charge on any atom is 0.221 e. The number of halogens is 1. The number of nitrogens with zero attached hydrogens (tertiary/aromatic N) is 1. The molecule has 0 aliphatic heterocycles. The van der Waals surface area contributed by atoms with Crippen molar-refractivity contribution in [2.75, 3.05) is 5.32 Å². The highest BCUT2D eigenvalue weighted by atomic mass is 79.9. The van der Waals surface area contributed by atoms with Gasteiger partial charge in [0.15, 0.2) is 0 Å².